The molecule has 0 atom stereocenters. The number of hydrogen-bond acceptors (Lipinski definition) is 7. The summed E-state index contributed by atoms with van der Waals surface area (Å²) in [4.78, 5) is 34.2. The van der Waals surface area contributed by atoms with Crippen LogP contribution in [0.3, 0.4) is 0 Å². The van der Waals surface area contributed by atoms with E-state index in [4.69, 9.17) is 14.5 Å². The van der Waals surface area contributed by atoms with Gasteiger partial charge in [0.05, 0.1) is 36.1 Å². The molecule has 0 aliphatic carbocycles. The molecule has 1 aliphatic heterocycles. The normalized spacial score (nSPS) is 14.0. The van der Waals surface area contributed by atoms with Crippen LogP contribution in [0.25, 0.3) is 10.2 Å². The molecule has 0 radical (unpaired) electrons. The van der Waals surface area contributed by atoms with Gasteiger partial charge in [0.1, 0.15) is 0 Å². The molecule has 0 saturated carbocycles. The highest BCUT2D eigenvalue weighted by molar-refractivity contribution is 7.22. The Morgan fingerprint density at radius 2 is 1.76 bits per heavy atom. The fourth-order valence-electron chi connectivity index (χ4n) is 3.70. The average Bonchev–Trinajstić information content (AvgIpc) is 3.26. The quantitative estimate of drug-likeness (QED) is 0.485. The van der Waals surface area contributed by atoms with Crippen LogP contribution < -0.4 is 4.90 Å². The molecule has 176 valence electrons. The summed E-state index contributed by atoms with van der Waals surface area (Å²) in [5, 5.41) is 0.684. The highest BCUT2D eigenvalue weighted by Crippen LogP contribution is 2.32. The van der Waals surface area contributed by atoms with Crippen molar-refractivity contribution in [2.45, 2.75) is 13.8 Å². The second kappa shape index (κ2) is 11.1. The number of aromatic nitrogens is 1. The minimum absolute atomic E-state index is 0. The van der Waals surface area contributed by atoms with Crippen LogP contribution in [-0.4, -0.2) is 68.3 Å². The number of halogens is 1. The topological polar surface area (TPSA) is 72.0 Å². The molecule has 4 rings (SSSR count). The number of methoxy groups -OCH3 is 1. The lowest BCUT2D eigenvalue weighted by Gasteiger charge is -2.29. The smallest absolute Gasteiger partial charge is 0.337 e. The van der Waals surface area contributed by atoms with Gasteiger partial charge in [0.15, 0.2) is 5.13 Å². The third-order valence-electron chi connectivity index (χ3n) is 5.85. The molecule has 3 aromatic rings. The molecule has 1 amide bonds. The molecule has 9 heteroatoms. The van der Waals surface area contributed by atoms with Gasteiger partial charge in [0.2, 0.25) is 0 Å². The molecule has 1 saturated heterocycles. The Morgan fingerprint density at radius 3 is 2.42 bits per heavy atom. The van der Waals surface area contributed by atoms with E-state index in [1.54, 1.807) is 29.2 Å². The van der Waals surface area contributed by atoms with Crippen LogP contribution >= 0.6 is 23.7 Å². The number of ether oxygens (including phenoxy) is 2. The van der Waals surface area contributed by atoms with Gasteiger partial charge in [-0.15, -0.1) is 12.4 Å². The van der Waals surface area contributed by atoms with Gasteiger partial charge in [0.25, 0.3) is 5.91 Å². The number of anilines is 1. The van der Waals surface area contributed by atoms with E-state index in [1.807, 2.05) is 0 Å². The predicted molar refractivity (Wildman–Crippen MR) is 133 cm³/mol. The molecule has 0 spiro atoms. The number of carbonyl (C=O) groups is 2. The average molecular weight is 490 g/mol. The van der Waals surface area contributed by atoms with Gasteiger partial charge in [-0.1, -0.05) is 17.4 Å². The number of benzene rings is 2. The predicted octanol–water partition coefficient (Wildman–Crippen LogP) is 4.10. The summed E-state index contributed by atoms with van der Waals surface area (Å²) in [7, 11) is 1.34. The van der Waals surface area contributed by atoms with E-state index < -0.39 is 5.97 Å². The number of esters is 1. The summed E-state index contributed by atoms with van der Waals surface area (Å²) >= 11 is 1.53. The van der Waals surface area contributed by atoms with Gasteiger partial charge in [-0.2, -0.15) is 0 Å². The van der Waals surface area contributed by atoms with E-state index in [-0.39, 0.29) is 18.3 Å². The third kappa shape index (κ3) is 5.52. The summed E-state index contributed by atoms with van der Waals surface area (Å²) < 4.78 is 11.3. The molecular weight excluding hydrogens is 462 g/mol. The molecule has 0 unspecified atom stereocenters. The molecule has 1 aliphatic rings. The molecule has 2 aromatic carbocycles. The summed E-state index contributed by atoms with van der Waals surface area (Å²) in [6.07, 6.45) is 0. The van der Waals surface area contributed by atoms with Crippen molar-refractivity contribution in [3.05, 3.63) is 58.7 Å². The Labute approximate surface area is 203 Å². The summed E-state index contributed by atoms with van der Waals surface area (Å²) in [5.41, 5.74) is 4.17. The summed E-state index contributed by atoms with van der Waals surface area (Å²) in [5.74, 6) is -0.562. The molecular formula is C24H28ClN3O4S. The van der Waals surface area contributed by atoms with Crippen molar-refractivity contribution in [3.8, 4) is 0 Å². The fourth-order valence-corrected chi connectivity index (χ4v) is 4.75. The van der Waals surface area contributed by atoms with Crippen molar-refractivity contribution in [2.24, 2.45) is 0 Å². The van der Waals surface area contributed by atoms with Crippen LogP contribution in [0.4, 0.5) is 5.13 Å². The minimum Gasteiger partial charge on any atom is -0.465 e. The molecule has 0 bridgehead atoms. The zero-order chi connectivity index (χ0) is 22.7. The van der Waals surface area contributed by atoms with Crippen LogP contribution in [0.1, 0.15) is 31.8 Å². The van der Waals surface area contributed by atoms with E-state index in [9.17, 15) is 9.59 Å². The maximum atomic E-state index is 13.5. The van der Waals surface area contributed by atoms with Gasteiger partial charge in [-0.25, -0.2) is 9.78 Å². The Hall–Kier alpha value is -2.52. The van der Waals surface area contributed by atoms with Gasteiger partial charge < -0.3 is 9.47 Å². The third-order valence-corrected chi connectivity index (χ3v) is 6.89. The van der Waals surface area contributed by atoms with Crippen LogP contribution in [0, 0.1) is 13.8 Å². The van der Waals surface area contributed by atoms with Gasteiger partial charge in [-0.05, 0) is 55.3 Å². The summed E-state index contributed by atoms with van der Waals surface area (Å²) in [6, 6.07) is 10.7. The van der Waals surface area contributed by atoms with Crippen molar-refractivity contribution < 1.29 is 19.1 Å². The van der Waals surface area contributed by atoms with Crippen molar-refractivity contribution >= 4 is 51.0 Å². The fraction of sp³-hybridized carbons (Fsp3) is 0.375. The van der Waals surface area contributed by atoms with Crippen LogP contribution in [0.2, 0.25) is 0 Å². The van der Waals surface area contributed by atoms with Crippen molar-refractivity contribution in [3.63, 3.8) is 0 Å². The van der Waals surface area contributed by atoms with Gasteiger partial charge in [0, 0.05) is 31.7 Å². The lowest BCUT2D eigenvalue weighted by molar-refractivity contribution is 0.0391. The van der Waals surface area contributed by atoms with E-state index in [2.05, 4.69) is 30.9 Å². The first-order valence-electron chi connectivity index (χ1n) is 10.6. The number of morpholine rings is 1. The zero-order valence-electron chi connectivity index (χ0n) is 19.0. The lowest BCUT2D eigenvalue weighted by Crippen LogP contribution is -2.43. The molecule has 33 heavy (non-hydrogen) atoms. The monoisotopic (exact) mass is 489 g/mol. The first-order chi connectivity index (χ1) is 15.5. The van der Waals surface area contributed by atoms with Crippen molar-refractivity contribution in [2.75, 3.05) is 51.4 Å². The van der Waals surface area contributed by atoms with E-state index in [0.717, 1.165) is 35.4 Å². The first-order valence-corrected chi connectivity index (χ1v) is 11.5. The number of nitrogens with zero attached hydrogens (tertiary/aromatic N) is 3. The highest BCUT2D eigenvalue weighted by atomic mass is 35.5. The summed E-state index contributed by atoms with van der Waals surface area (Å²) in [6.45, 7) is 8.52. The minimum atomic E-state index is -0.426. The van der Waals surface area contributed by atoms with E-state index >= 15 is 0 Å². The molecule has 1 fully saturated rings. The van der Waals surface area contributed by atoms with E-state index in [1.165, 1.54) is 24.0 Å². The number of hydrogen-bond donors (Lipinski definition) is 0. The Bertz CT molecular complexity index is 1130. The number of amides is 1. The number of aryl methyl sites for hydroxylation is 2. The Balaban J connectivity index is 0.00000306. The highest BCUT2D eigenvalue weighted by Gasteiger charge is 2.23. The Kier molecular flexibility index (Phi) is 8.42. The maximum Gasteiger partial charge on any atom is 0.337 e. The van der Waals surface area contributed by atoms with Gasteiger partial charge in [-0.3, -0.25) is 14.6 Å². The van der Waals surface area contributed by atoms with Crippen molar-refractivity contribution in [1.82, 2.24) is 9.88 Å². The molecule has 0 N–H and O–H groups in total. The van der Waals surface area contributed by atoms with Crippen LogP contribution in [-0.2, 0) is 9.47 Å². The largest absolute Gasteiger partial charge is 0.465 e. The van der Waals surface area contributed by atoms with Crippen LogP contribution in [0.5, 0.6) is 0 Å². The lowest BCUT2D eigenvalue weighted by atomic mass is 10.1. The standard InChI is InChI=1S/C24H27N3O4S.ClH/c1-16-4-9-20-21(17(16)2)25-24(32-20)27(11-10-26-12-14-31-15-13-26)22(28)18-5-7-19(8-6-18)23(29)30-3;/h4-9H,10-15H2,1-3H3;1H. The maximum absolute atomic E-state index is 13.5. The molecule has 2 heterocycles. The molecule has 7 nitrogen and oxygen atoms in total. The number of rotatable bonds is 6. The second-order valence-corrected chi connectivity index (χ2v) is 8.84. The Morgan fingerprint density at radius 1 is 1.09 bits per heavy atom. The van der Waals surface area contributed by atoms with Crippen LogP contribution in [0.15, 0.2) is 36.4 Å². The van der Waals surface area contributed by atoms with Crippen molar-refractivity contribution in [1.29, 1.82) is 0 Å². The van der Waals surface area contributed by atoms with E-state index in [0.29, 0.717) is 36.0 Å². The van der Waals surface area contributed by atoms with Gasteiger partial charge >= 0.3 is 5.97 Å². The first kappa shape index (κ1) is 25.1. The number of fused-ring (bicyclic) bond motifs is 1. The number of thiazole rings is 1. The zero-order valence-corrected chi connectivity index (χ0v) is 20.6. The SMILES string of the molecule is COC(=O)c1ccc(C(=O)N(CCN2CCOCC2)c2nc3c(C)c(C)ccc3s2)cc1.Cl. The second-order valence-electron chi connectivity index (χ2n) is 7.83. The number of carbonyl (C=O) groups excluding carboxylic acids is 2. The molecule has 1 aromatic heterocycles.